The predicted octanol–water partition coefficient (Wildman–Crippen LogP) is 1.48. The van der Waals surface area contributed by atoms with Crippen LogP contribution in [-0.4, -0.2) is 29.9 Å². The first-order chi connectivity index (χ1) is 6.31. The summed E-state index contributed by atoms with van der Waals surface area (Å²) in [6, 6.07) is 0. The topological polar surface area (TPSA) is 38.7 Å². The molecule has 0 aromatic rings. The van der Waals surface area contributed by atoms with Crippen LogP contribution in [0.4, 0.5) is 0 Å². The van der Waals surface area contributed by atoms with Crippen LogP contribution in [0.3, 0.4) is 0 Å². The number of rotatable bonds is 1. The van der Waals surface area contributed by atoms with Crippen LogP contribution in [0.1, 0.15) is 19.8 Å². The summed E-state index contributed by atoms with van der Waals surface area (Å²) in [5, 5.41) is 9.43. The molecule has 0 bridgehead atoms. The Labute approximate surface area is 82.1 Å². The van der Waals surface area contributed by atoms with E-state index in [1.807, 2.05) is 6.92 Å². The first kappa shape index (κ1) is 9.37. The highest BCUT2D eigenvalue weighted by Crippen LogP contribution is 2.38. The molecule has 1 saturated heterocycles. The van der Waals surface area contributed by atoms with Crippen molar-refractivity contribution in [1.82, 2.24) is 0 Å². The summed E-state index contributed by atoms with van der Waals surface area (Å²) in [6.07, 6.45) is 2.12. The highest BCUT2D eigenvalue weighted by molar-refractivity contribution is 8.03. The van der Waals surface area contributed by atoms with Gasteiger partial charge >= 0.3 is 0 Å². The van der Waals surface area contributed by atoms with E-state index in [0.717, 1.165) is 30.1 Å². The van der Waals surface area contributed by atoms with Gasteiger partial charge in [-0.1, -0.05) is 0 Å². The van der Waals surface area contributed by atoms with Crippen molar-refractivity contribution in [3.63, 3.8) is 0 Å². The molecular formula is C9H14O3S. The minimum absolute atomic E-state index is 0.0831. The van der Waals surface area contributed by atoms with E-state index >= 15 is 0 Å². The summed E-state index contributed by atoms with van der Waals surface area (Å²) in [4.78, 5) is 0.951. The second-order valence-corrected chi connectivity index (χ2v) is 4.63. The van der Waals surface area contributed by atoms with Gasteiger partial charge in [0.15, 0.2) is 0 Å². The van der Waals surface area contributed by atoms with Crippen molar-refractivity contribution in [2.45, 2.75) is 31.3 Å². The standard InChI is InChI=1S/C9H14O3S/c1-6-8(5-10)13-7-3-2-4-11-9(7)12-6/h7,9-10H,2-5H2,1H3/t7-,9-/m0/s1. The zero-order valence-electron chi connectivity index (χ0n) is 7.66. The number of hydrogen-bond donors (Lipinski definition) is 1. The molecule has 1 N–H and O–H groups in total. The van der Waals surface area contributed by atoms with Crippen molar-refractivity contribution in [3.05, 3.63) is 10.7 Å². The molecule has 0 aromatic heterocycles. The zero-order chi connectivity index (χ0) is 9.26. The lowest BCUT2D eigenvalue weighted by atomic mass is 10.2. The van der Waals surface area contributed by atoms with E-state index in [9.17, 15) is 0 Å². The molecule has 0 aliphatic carbocycles. The average molecular weight is 202 g/mol. The van der Waals surface area contributed by atoms with Crippen LogP contribution in [0, 0.1) is 0 Å². The number of fused-ring (bicyclic) bond motifs is 1. The molecule has 0 saturated carbocycles. The fraction of sp³-hybridized carbons (Fsp3) is 0.778. The normalized spacial score (nSPS) is 34.0. The maximum atomic E-state index is 9.05. The largest absolute Gasteiger partial charge is 0.467 e. The summed E-state index contributed by atoms with van der Waals surface area (Å²) in [7, 11) is 0. The molecule has 0 spiro atoms. The Morgan fingerprint density at radius 1 is 1.62 bits per heavy atom. The lowest BCUT2D eigenvalue weighted by molar-refractivity contribution is -0.136. The summed E-state index contributed by atoms with van der Waals surface area (Å²) >= 11 is 1.70. The van der Waals surface area contributed by atoms with E-state index in [1.165, 1.54) is 0 Å². The van der Waals surface area contributed by atoms with Gasteiger partial charge in [-0.05, 0) is 19.8 Å². The predicted molar refractivity (Wildman–Crippen MR) is 51.2 cm³/mol. The lowest BCUT2D eigenvalue weighted by Crippen LogP contribution is -2.36. The molecule has 0 radical (unpaired) electrons. The third kappa shape index (κ3) is 1.85. The molecule has 74 valence electrons. The maximum absolute atomic E-state index is 9.05. The SMILES string of the molecule is CC1=C(CO)S[C@H]2CCCO[C@H]2O1. The number of thioether (sulfide) groups is 1. The zero-order valence-corrected chi connectivity index (χ0v) is 8.47. The molecule has 3 nitrogen and oxygen atoms in total. The third-order valence-electron chi connectivity index (χ3n) is 2.34. The number of hydrogen-bond acceptors (Lipinski definition) is 4. The Kier molecular flexibility index (Phi) is 2.81. The van der Waals surface area contributed by atoms with Gasteiger partial charge in [0, 0.05) is 4.91 Å². The van der Waals surface area contributed by atoms with E-state index < -0.39 is 0 Å². The molecule has 2 atom stereocenters. The van der Waals surface area contributed by atoms with Crippen LogP contribution in [-0.2, 0) is 9.47 Å². The minimum atomic E-state index is -0.0888. The Bertz CT molecular complexity index is 227. The number of aliphatic hydroxyl groups excluding tert-OH is 1. The van der Waals surface area contributed by atoms with Crippen molar-refractivity contribution >= 4 is 11.8 Å². The quantitative estimate of drug-likeness (QED) is 0.699. The Balaban J connectivity index is 2.09. The first-order valence-electron chi connectivity index (χ1n) is 4.57. The van der Waals surface area contributed by atoms with Crippen molar-refractivity contribution in [3.8, 4) is 0 Å². The fourth-order valence-corrected chi connectivity index (χ4v) is 2.79. The summed E-state index contributed by atoms with van der Waals surface area (Å²) in [6.45, 7) is 2.76. The van der Waals surface area contributed by atoms with E-state index in [-0.39, 0.29) is 12.9 Å². The first-order valence-corrected chi connectivity index (χ1v) is 5.45. The van der Waals surface area contributed by atoms with Gasteiger partial charge < -0.3 is 14.6 Å². The monoisotopic (exact) mass is 202 g/mol. The van der Waals surface area contributed by atoms with Gasteiger partial charge in [-0.15, -0.1) is 11.8 Å². The lowest BCUT2D eigenvalue weighted by Gasteiger charge is -2.36. The van der Waals surface area contributed by atoms with Crippen LogP contribution in [0.15, 0.2) is 10.7 Å². The molecule has 0 aromatic carbocycles. The van der Waals surface area contributed by atoms with E-state index in [2.05, 4.69) is 0 Å². The number of allylic oxidation sites excluding steroid dienone is 1. The Hall–Kier alpha value is -0.190. The molecule has 1 fully saturated rings. The molecule has 13 heavy (non-hydrogen) atoms. The van der Waals surface area contributed by atoms with Crippen molar-refractivity contribution in [2.75, 3.05) is 13.2 Å². The summed E-state index contributed by atoms with van der Waals surface area (Å²) in [5.74, 6) is 0.815. The number of aliphatic hydroxyl groups is 1. The molecule has 2 aliphatic heterocycles. The Morgan fingerprint density at radius 3 is 3.23 bits per heavy atom. The van der Waals surface area contributed by atoms with Gasteiger partial charge in [0.05, 0.1) is 18.5 Å². The van der Waals surface area contributed by atoms with Gasteiger partial charge in [-0.25, -0.2) is 0 Å². The highest BCUT2D eigenvalue weighted by atomic mass is 32.2. The molecule has 2 rings (SSSR count). The van der Waals surface area contributed by atoms with Gasteiger partial charge in [0.2, 0.25) is 6.29 Å². The molecule has 0 unspecified atom stereocenters. The summed E-state index contributed by atoms with van der Waals surface area (Å²) in [5.41, 5.74) is 0. The minimum Gasteiger partial charge on any atom is -0.467 e. The second kappa shape index (κ2) is 3.90. The van der Waals surface area contributed by atoms with Crippen molar-refractivity contribution < 1.29 is 14.6 Å². The van der Waals surface area contributed by atoms with Crippen LogP contribution < -0.4 is 0 Å². The van der Waals surface area contributed by atoms with Crippen LogP contribution in [0.5, 0.6) is 0 Å². The highest BCUT2D eigenvalue weighted by Gasteiger charge is 2.33. The Morgan fingerprint density at radius 2 is 2.46 bits per heavy atom. The fourth-order valence-electron chi connectivity index (χ4n) is 1.61. The van der Waals surface area contributed by atoms with Gasteiger partial charge in [-0.3, -0.25) is 0 Å². The van der Waals surface area contributed by atoms with Gasteiger partial charge in [0.1, 0.15) is 5.76 Å². The van der Waals surface area contributed by atoms with Crippen LogP contribution in [0.2, 0.25) is 0 Å². The smallest absolute Gasteiger partial charge is 0.211 e. The van der Waals surface area contributed by atoms with Crippen molar-refractivity contribution in [2.24, 2.45) is 0 Å². The van der Waals surface area contributed by atoms with Gasteiger partial charge in [0.25, 0.3) is 0 Å². The second-order valence-electron chi connectivity index (χ2n) is 3.29. The summed E-state index contributed by atoms with van der Waals surface area (Å²) < 4.78 is 11.1. The van der Waals surface area contributed by atoms with Crippen molar-refractivity contribution in [1.29, 1.82) is 0 Å². The van der Waals surface area contributed by atoms with E-state index in [0.29, 0.717) is 5.25 Å². The molecule has 2 aliphatic rings. The van der Waals surface area contributed by atoms with Crippen LogP contribution in [0.25, 0.3) is 0 Å². The molecule has 0 amide bonds. The average Bonchev–Trinajstić information content (AvgIpc) is 2.17. The molecule has 4 heteroatoms. The maximum Gasteiger partial charge on any atom is 0.211 e. The third-order valence-corrected chi connectivity index (χ3v) is 3.80. The molecule has 2 heterocycles. The van der Waals surface area contributed by atoms with Gasteiger partial charge in [-0.2, -0.15) is 0 Å². The number of ether oxygens (including phenoxy) is 2. The van der Waals surface area contributed by atoms with Crippen LogP contribution >= 0.6 is 11.8 Å². The molecular weight excluding hydrogens is 188 g/mol. The van der Waals surface area contributed by atoms with E-state index in [4.69, 9.17) is 14.6 Å². The van der Waals surface area contributed by atoms with E-state index in [1.54, 1.807) is 11.8 Å².